The van der Waals surface area contributed by atoms with Crippen LogP contribution in [-0.4, -0.2) is 79.2 Å². The van der Waals surface area contributed by atoms with Gasteiger partial charge in [-0.25, -0.2) is 13.4 Å². The molecule has 0 N–H and O–H groups in total. The molecule has 28 heavy (non-hydrogen) atoms. The van der Waals surface area contributed by atoms with Gasteiger partial charge < -0.3 is 14.1 Å². The third kappa shape index (κ3) is 3.96. The van der Waals surface area contributed by atoms with Crippen LogP contribution in [0.5, 0.6) is 0 Å². The number of nitrogens with zero attached hydrogens (tertiary/aromatic N) is 4. The van der Waals surface area contributed by atoms with Crippen molar-refractivity contribution in [3.05, 3.63) is 28.0 Å². The number of carbonyl (C=O) groups excluding carboxylic acids is 1. The summed E-state index contributed by atoms with van der Waals surface area (Å²) in [5.74, 6) is -0.0253. The van der Waals surface area contributed by atoms with E-state index in [2.05, 4.69) is 4.98 Å². The van der Waals surface area contributed by atoms with Crippen LogP contribution in [0.15, 0.2) is 15.5 Å². The fraction of sp³-hybridized carbons (Fsp3) is 0.588. The van der Waals surface area contributed by atoms with Crippen LogP contribution in [0.2, 0.25) is 0 Å². The predicted octanol–water partition coefficient (Wildman–Crippen LogP) is 0.0518. The van der Waals surface area contributed by atoms with E-state index in [1.807, 2.05) is 0 Å². The van der Waals surface area contributed by atoms with Crippen LogP contribution < -0.4 is 5.56 Å². The van der Waals surface area contributed by atoms with Crippen molar-refractivity contribution in [2.75, 3.05) is 46.2 Å². The second kappa shape index (κ2) is 8.02. The number of methoxy groups -OCH3 is 1. The maximum absolute atomic E-state index is 13.1. The number of piperazine rings is 1. The van der Waals surface area contributed by atoms with Crippen molar-refractivity contribution in [1.82, 2.24) is 18.8 Å². The van der Waals surface area contributed by atoms with Crippen LogP contribution in [-0.2, 0) is 21.3 Å². The molecule has 3 rings (SSSR count). The van der Waals surface area contributed by atoms with Gasteiger partial charge in [0.1, 0.15) is 17.5 Å². The third-order valence-corrected chi connectivity index (χ3v) is 6.11. The average molecular weight is 412 g/mol. The molecule has 154 valence electrons. The first-order valence-corrected chi connectivity index (χ1v) is 10.8. The molecule has 2 aromatic heterocycles. The van der Waals surface area contributed by atoms with Gasteiger partial charge in [-0.1, -0.05) is 0 Å². The Hall–Kier alpha value is -2.24. The predicted molar refractivity (Wildman–Crippen MR) is 102 cm³/mol. The van der Waals surface area contributed by atoms with Crippen LogP contribution in [0.1, 0.15) is 22.5 Å². The van der Waals surface area contributed by atoms with Gasteiger partial charge in [0.2, 0.25) is 15.7 Å². The highest BCUT2D eigenvalue weighted by molar-refractivity contribution is 7.88. The second-order valence-electron chi connectivity index (χ2n) is 6.76. The van der Waals surface area contributed by atoms with E-state index in [9.17, 15) is 18.0 Å². The zero-order valence-electron chi connectivity index (χ0n) is 16.2. The molecule has 0 aromatic carbocycles. The van der Waals surface area contributed by atoms with Crippen molar-refractivity contribution < 1.29 is 22.4 Å². The fourth-order valence-corrected chi connectivity index (χ4v) is 4.14. The molecular weight excluding hydrogens is 388 g/mol. The van der Waals surface area contributed by atoms with Crippen molar-refractivity contribution in [2.24, 2.45) is 0 Å². The summed E-state index contributed by atoms with van der Waals surface area (Å²) in [6.45, 7) is 3.49. The zero-order chi connectivity index (χ0) is 20.5. The molecule has 1 aliphatic heterocycles. The Kier molecular flexibility index (Phi) is 5.87. The summed E-state index contributed by atoms with van der Waals surface area (Å²) in [6, 6.07) is 0. The van der Waals surface area contributed by atoms with Crippen molar-refractivity contribution in [3.8, 4) is 0 Å². The molecule has 0 bridgehead atoms. The van der Waals surface area contributed by atoms with E-state index < -0.39 is 10.0 Å². The average Bonchev–Trinajstić information content (AvgIpc) is 2.99. The molecule has 3 heterocycles. The summed E-state index contributed by atoms with van der Waals surface area (Å²) in [6.07, 6.45) is 3.19. The van der Waals surface area contributed by atoms with E-state index in [1.165, 1.54) is 15.2 Å². The highest BCUT2D eigenvalue weighted by atomic mass is 32.2. The highest BCUT2D eigenvalue weighted by Crippen LogP contribution is 2.23. The summed E-state index contributed by atoms with van der Waals surface area (Å²) in [4.78, 5) is 31.7. The van der Waals surface area contributed by atoms with Gasteiger partial charge in [0.25, 0.3) is 11.5 Å². The molecule has 0 spiro atoms. The molecule has 1 saturated heterocycles. The largest absolute Gasteiger partial charge is 0.442 e. The summed E-state index contributed by atoms with van der Waals surface area (Å²) in [5, 5.41) is 0.160. The smallest absolute Gasteiger partial charge is 0.265 e. The molecule has 0 saturated carbocycles. The van der Waals surface area contributed by atoms with Gasteiger partial charge in [-0.3, -0.25) is 14.2 Å². The monoisotopic (exact) mass is 412 g/mol. The molecule has 1 aliphatic rings. The van der Waals surface area contributed by atoms with Crippen LogP contribution in [0, 0.1) is 6.92 Å². The zero-order valence-corrected chi connectivity index (χ0v) is 17.0. The highest BCUT2D eigenvalue weighted by Gasteiger charge is 2.30. The van der Waals surface area contributed by atoms with Crippen molar-refractivity contribution >= 4 is 27.0 Å². The number of sulfonamides is 1. The van der Waals surface area contributed by atoms with Crippen molar-refractivity contribution in [2.45, 2.75) is 19.9 Å². The summed E-state index contributed by atoms with van der Waals surface area (Å²) in [5.41, 5.74) is -0.0129. The lowest BCUT2D eigenvalue weighted by Crippen LogP contribution is -2.50. The Bertz CT molecular complexity index is 1030. The topological polar surface area (TPSA) is 115 Å². The molecule has 0 atom stereocenters. The number of aromatic nitrogens is 2. The van der Waals surface area contributed by atoms with E-state index >= 15 is 0 Å². The van der Waals surface area contributed by atoms with Crippen LogP contribution >= 0.6 is 0 Å². The van der Waals surface area contributed by atoms with Crippen LogP contribution in [0.25, 0.3) is 11.1 Å². The minimum absolute atomic E-state index is 0.128. The van der Waals surface area contributed by atoms with E-state index in [0.29, 0.717) is 25.3 Å². The van der Waals surface area contributed by atoms with Crippen LogP contribution in [0.4, 0.5) is 0 Å². The first kappa shape index (κ1) is 20.5. The number of rotatable bonds is 6. The Labute approximate surface area is 162 Å². The number of fused-ring (bicyclic) bond motifs is 1. The standard InChI is InChI=1S/C17H24N4O6S/c1-12-13(16(22)19-6-8-21(9-7-19)28(3,24)25)14-15(27-12)18-11-20(17(14)23)5-4-10-26-2/h11H,4-10H2,1-3H3. The van der Waals surface area contributed by atoms with E-state index in [4.69, 9.17) is 9.15 Å². The molecule has 0 radical (unpaired) electrons. The molecule has 0 aliphatic carbocycles. The van der Waals surface area contributed by atoms with Gasteiger partial charge in [0.05, 0.1) is 11.8 Å². The maximum atomic E-state index is 13.1. The van der Waals surface area contributed by atoms with Gasteiger partial charge in [-0.15, -0.1) is 0 Å². The lowest BCUT2D eigenvalue weighted by Gasteiger charge is -2.33. The number of aryl methyl sites for hydroxylation is 2. The minimum Gasteiger partial charge on any atom is -0.442 e. The summed E-state index contributed by atoms with van der Waals surface area (Å²) >= 11 is 0. The Morgan fingerprint density at radius 1 is 1.29 bits per heavy atom. The normalized spacial score (nSPS) is 16.0. The molecule has 10 nitrogen and oxygen atoms in total. The van der Waals surface area contributed by atoms with Gasteiger partial charge in [0, 0.05) is 46.4 Å². The number of ether oxygens (including phenoxy) is 1. The third-order valence-electron chi connectivity index (χ3n) is 4.81. The van der Waals surface area contributed by atoms with Gasteiger partial charge >= 0.3 is 0 Å². The minimum atomic E-state index is -3.29. The quantitative estimate of drug-likeness (QED) is 0.616. The number of amides is 1. The van der Waals surface area contributed by atoms with Crippen molar-refractivity contribution in [1.29, 1.82) is 0 Å². The van der Waals surface area contributed by atoms with Gasteiger partial charge in [-0.2, -0.15) is 4.31 Å². The van der Waals surface area contributed by atoms with E-state index in [-0.39, 0.29) is 54.3 Å². The van der Waals surface area contributed by atoms with Gasteiger partial charge in [0.15, 0.2) is 0 Å². The van der Waals surface area contributed by atoms with Gasteiger partial charge in [-0.05, 0) is 13.3 Å². The Morgan fingerprint density at radius 3 is 2.57 bits per heavy atom. The fourth-order valence-electron chi connectivity index (χ4n) is 3.31. The Balaban J connectivity index is 1.90. The number of hydrogen-bond acceptors (Lipinski definition) is 7. The van der Waals surface area contributed by atoms with Crippen LogP contribution in [0.3, 0.4) is 0 Å². The summed E-state index contributed by atoms with van der Waals surface area (Å²) in [7, 11) is -1.70. The van der Waals surface area contributed by atoms with E-state index in [1.54, 1.807) is 18.9 Å². The lowest BCUT2D eigenvalue weighted by atomic mass is 10.1. The molecule has 2 aromatic rings. The molecular formula is C17H24N4O6S. The number of furan rings is 1. The number of hydrogen-bond donors (Lipinski definition) is 0. The summed E-state index contributed by atoms with van der Waals surface area (Å²) < 4.78 is 36.6. The first-order valence-electron chi connectivity index (χ1n) is 8.96. The number of carbonyl (C=O) groups is 1. The molecule has 1 amide bonds. The first-order chi connectivity index (χ1) is 13.2. The molecule has 11 heteroatoms. The molecule has 0 unspecified atom stereocenters. The second-order valence-corrected chi connectivity index (χ2v) is 8.74. The Morgan fingerprint density at radius 2 is 1.96 bits per heavy atom. The lowest BCUT2D eigenvalue weighted by molar-refractivity contribution is 0.0698. The van der Waals surface area contributed by atoms with E-state index in [0.717, 1.165) is 6.26 Å². The SMILES string of the molecule is COCCCn1cnc2oc(C)c(C(=O)N3CCN(S(C)(=O)=O)CC3)c2c1=O. The molecule has 1 fully saturated rings. The van der Waals surface area contributed by atoms with Crippen molar-refractivity contribution in [3.63, 3.8) is 0 Å². The maximum Gasteiger partial charge on any atom is 0.265 e.